The normalized spacial score (nSPS) is 29.1. The van der Waals surface area contributed by atoms with Gasteiger partial charge in [-0.05, 0) is 31.5 Å². The topological polar surface area (TPSA) is 40.0 Å². The molecule has 2 atom stereocenters. The van der Waals surface area contributed by atoms with E-state index in [0.29, 0.717) is 11.6 Å². The van der Waals surface area contributed by atoms with Crippen molar-refractivity contribution < 1.29 is 14.3 Å². The Labute approximate surface area is 117 Å². The summed E-state index contributed by atoms with van der Waals surface area (Å²) in [5, 5.41) is 4.86. The molecule has 2 heterocycles. The van der Waals surface area contributed by atoms with Crippen LogP contribution in [0.3, 0.4) is 0 Å². The predicted octanol–water partition coefficient (Wildman–Crippen LogP) is 2.98. The number of hydrogen-bond acceptors (Lipinski definition) is 4. The molecule has 0 unspecified atom stereocenters. The summed E-state index contributed by atoms with van der Waals surface area (Å²) < 4.78 is 11.3. The second kappa shape index (κ2) is 4.78. The summed E-state index contributed by atoms with van der Waals surface area (Å²) in [4.78, 5) is 5.48. The van der Waals surface area contributed by atoms with Crippen molar-refractivity contribution in [2.45, 2.75) is 38.3 Å². The van der Waals surface area contributed by atoms with Gasteiger partial charge < -0.3 is 14.3 Å². The van der Waals surface area contributed by atoms with Crippen LogP contribution in [-0.2, 0) is 14.3 Å². The van der Waals surface area contributed by atoms with Crippen LogP contribution in [0.5, 0.6) is 0 Å². The molecule has 4 nitrogen and oxygen atoms in total. The third-order valence-electron chi connectivity index (χ3n) is 3.32. The third-order valence-corrected chi connectivity index (χ3v) is 3.57. The molecule has 1 aromatic carbocycles. The van der Waals surface area contributed by atoms with E-state index in [0.717, 1.165) is 17.7 Å². The Morgan fingerprint density at radius 1 is 1.21 bits per heavy atom. The lowest BCUT2D eigenvalue weighted by Gasteiger charge is -2.19. The molecular weight excluding hydrogens is 266 g/mol. The second-order valence-corrected chi connectivity index (χ2v) is 5.70. The van der Waals surface area contributed by atoms with Crippen LogP contribution in [0.4, 0.5) is 0 Å². The van der Waals surface area contributed by atoms with E-state index in [9.17, 15) is 0 Å². The summed E-state index contributed by atoms with van der Waals surface area (Å²) in [6, 6.07) is 7.60. The first-order chi connectivity index (χ1) is 9.03. The summed E-state index contributed by atoms with van der Waals surface area (Å²) in [5.41, 5.74) is 1.96. The highest BCUT2D eigenvalue weighted by molar-refractivity contribution is 6.30. The van der Waals surface area contributed by atoms with Gasteiger partial charge in [-0.25, -0.2) is 0 Å². The van der Waals surface area contributed by atoms with Crippen molar-refractivity contribution in [3.63, 3.8) is 0 Å². The standard InChI is InChI=1S/C14H16ClNO3/c1-14(2)17-8-13(18-14)12-7-11(16-19-12)9-3-5-10(15)6-4-9/h3-6,12-13H,7-8H2,1-2H3/t12-,13+/m0/s1. The molecule has 1 aromatic rings. The fraction of sp³-hybridized carbons (Fsp3) is 0.500. The van der Waals surface area contributed by atoms with Crippen molar-refractivity contribution in [3.8, 4) is 0 Å². The average molecular weight is 282 g/mol. The van der Waals surface area contributed by atoms with Gasteiger partial charge in [0.05, 0.1) is 12.3 Å². The zero-order valence-electron chi connectivity index (χ0n) is 10.9. The predicted molar refractivity (Wildman–Crippen MR) is 72.4 cm³/mol. The molecule has 0 aromatic heterocycles. The van der Waals surface area contributed by atoms with E-state index in [1.165, 1.54) is 0 Å². The molecule has 1 fully saturated rings. The SMILES string of the molecule is CC1(C)OC[C@H]([C@@H]2CC(c3ccc(Cl)cc3)=NO2)O1. The Morgan fingerprint density at radius 3 is 2.58 bits per heavy atom. The van der Waals surface area contributed by atoms with Gasteiger partial charge in [-0.15, -0.1) is 0 Å². The molecule has 5 heteroatoms. The average Bonchev–Trinajstić information content (AvgIpc) is 2.96. The van der Waals surface area contributed by atoms with Crippen LogP contribution in [0, 0.1) is 0 Å². The van der Waals surface area contributed by atoms with Gasteiger partial charge in [0.1, 0.15) is 6.10 Å². The van der Waals surface area contributed by atoms with Crippen LogP contribution in [0.2, 0.25) is 5.02 Å². The summed E-state index contributed by atoms with van der Waals surface area (Å²) in [7, 11) is 0. The highest BCUT2D eigenvalue weighted by atomic mass is 35.5. The Balaban J connectivity index is 1.65. The molecule has 0 radical (unpaired) electrons. The fourth-order valence-corrected chi connectivity index (χ4v) is 2.43. The van der Waals surface area contributed by atoms with Gasteiger partial charge in [-0.1, -0.05) is 28.9 Å². The maximum Gasteiger partial charge on any atom is 0.163 e. The molecule has 3 rings (SSSR count). The van der Waals surface area contributed by atoms with Crippen molar-refractivity contribution >= 4 is 17.3 Å². The molecule has 102 valence electrons. The molecule has 0 aliphatic carbocycles. The van der Waals surface area contributed by atoms with E-state index in [1.807, 2.05) is 38.1 Å². The minimum Gasteiger partial charge on any atom is -0.389 e. The second-order valence-electron chi connectivity index (χ2n) is 5.26. The molecule has 0 amide bonds. The molecule has 19 heavy (non-hydrogen) atoms. The van der Waals surface area contributed by atoms with Crippen molar-refractivity contribution in [3.05, 3.63) is 34.9 Å². The number of benzene rings is 1. The number of halogens is 1. The van der Waals surface area contributed by atoms with Crippen molar-refractivity contribution in [2.24, 2.45) is 5.16 Å². The Morgan fingerprint density at radius 2 is 1.95 bits per heavy atom. The quantitative estimate of drug-likeness (QED) is 0.837. The van der Waals surface area contributed by atoms with E-state index in [4.69, 9.17) is 25.9 Å². The number of oxime groups is 1. The molecule has 0 N–H and O–H groups in total. The Bertz CT molecular complexity index is 498. The van der Waals surface area contributed by atoms with Crippen LogP contribution in [0.25, 0.3) is 0 Å². The van der Waals surface area contributed by atoms with E-state index in [-0.39, 0.29) is 12.2 Å². The molecule has 2 aliphatic heterocycles. The van der Waals surface area contributed by atoms with Crippen LogP contribution >= 0.6 is 11.6 Å². The highest BCUT2D eigenvalue weighted by Crippen LogP contribution is 2.29. The maximum absolute atomic E-state index is 5.87. The van der Waals surface area contributed by atoms with Crippen LogP contribution in [-0.4, -0.2) is 30.3 Å². The molecule has 0 spiro atoms. The molecular formula is C14H16ClNO3. The summed E-state index contributed by atoms with van der Waals surface area (Å²) in [6.45, 7) is 4.35. The minimum atomic E-state index is -0.531. The van der Waals surface area contributed by atoms with Gasteiger partial charge in [-0.3, -0.25) is 0 Å². The summed E-state index contributed by atoms with van der Waals surface area (Å²) in [5.74, 6) is -0.531. The van der Waals surface area contributed by atoms with Gasteiger partial charge in [-0.2, -0.15) is 0 Å². The van der Waals surface area contributed by atoms with Crippen LogP contribution < -0.4 is 0 Å². The largest absolute Gasteiger partial charge is 0.389 e. The van der Waals surface area contributed by atoms with Crippen molar-refractivity contribution in [1.82, 2.24) is 0 Å². The lowest BCUT2D eigenvalue weighted by molar-refractivity contribution is -0.153. The van der Waals surface area contributed by atoms with Crippen molar-refractivity contribution in [2.75, 3.05) is 6.61 Å². The first kappa shape index (κ1) is 12.9. The number of hydrogen-bond donors (Lipinski definition) is 0. The monoisotopic (exact) mass is 281 g/mol. The zero-order chi connectivity index (χ0) is 13.5. The van der Waals surface area contributed by atoms with Crippen LogP contribution in [0.15, 0.2) is 29.4 Å². The smallest absolute Gasteiger partial charge is 0.163 e. The van der Waals surface area contributed by atoms with E-state index in [2.05, 4.69) is 5.16 Å². The van der Waals surface area contributed by atoms with Gasteiger partial charge in [0.2, 0.25) is 0 Å². The summed E-state index contributed by atoms with van der Waals surface area (Å²) in [6.07, 6.45) is 0.585. The lowest BCUT2D eigenvalue weighted by Crippen LogP contribution is -2.30. The first-order valence-corrected chi connectivity index (χ1v) is 6.72. The molecule has 2 aliphatic rings. The van der Waals surface area contributed by atoms with Gasteiger partial charge in [0.25, 0.3) is 0 Å². The zero-order valence-corrected chi connectivity index (χ0v) is 11.7. The van der Waals surface area contributed by atoms with E-state index >= 15 is 0 Å². The van der Waals surface area contributed by atoms with E-state index < -0.39 is 5.79 Å². The molecule has 0 saturated carbocycles. The third kappa shape index (κ3) is 2.76. The van der Waals surface area contributed by atoms with Gasteiger partial charge in [0.15, 0.2) is 11.9 Å². The first-order valence-electron chi connectivity index (χ1n) is 6.34. The molecule has 0 bridgehead atoms. The lowest BCUT2D eigenvalue weighted by atomic mass is 10.0. The van der Waals surface area contributed by atoms with Crippen molar-refractivity contribution in [1.29, 1.82) is 0 Å². The van der Waals surface area contributed by atoms with Gasteiger partial charge in [0, 0.05) is 11.4 Å². The van der Waals surface area contributed by atoms with Crippen LogP contribution in [0.1, 0.15) is 25.8 Å². The number of ether oxygens (including phenoxy) is 2. The van der Waals surface area contributed by atoms with E-state index in [1.54, 1.807) is 0 Å². The Hall–Kier alpha value is -1.10. The summed E-state index contributed by atoms with van der Waals surface area (Å²) >= 11 is 5.87. The minimum absolute atomic E-state index is 0.0662. The maximum atomic E-state index is 5.87. The van der Waals surface area contributed by atoms with Gasteiger partial charge >= 0.3 is 0 Å². The number of nitrogens with zero attached hydrogens (tertiary/aromatic N) is 1. The fourth-order valence-electron chi connectivity index (χ4n) is 2.31. The number of rotatable bonds is 2. The Kier molecular flexibility index (Phi) is 3.25. The molecule has 1 saturated heterocycles. The highest BCUT2D eigenvalue weighted by Gasteiger charge is 2.41.